The molecule has 1 aromatic carbocycles. The molecule has 3 heteroatoms. The summed E-state index contributed by atoms with van der Waals surface area (Å²) in [6, 6.07) is 7.90. The van der Waals surface area contributed by atoms with Crippen molar-refractivity contribution in [2.45, 2.75) is 52.0 Å². The van der Waals surface area contributed by atoms with E-state index >= 15 is 0 Å². The van der Waals surface area contributed by atoms with E-state index in [1.165, 1.54) is 0 Å². The maximum absolute atomic E-state index is 11.8. The molecule has 1 fully saturated rings. The first-order valence-corrected chi connectivity index (χ1v) is 7.52. The molecule has 0 radical (unpaired) electrons. The maximum atomic E-state index is 11.8. The van der Waals surface area contributed by atoms with Crippen LogP contribution in [0.3, 0.4) is 0 Å². The number of nitrogens with one attached hydrogen (secondary N) is 1. The van der Waals surface area contributed by atoms with Crippen LogP contribution in [0.25, 0.3) is 0 Å². The molecule has 0 atom stereocenters. The average molecular weight is 275 g/mol. The van der Waals surface area contributed by atoms with Crippen molar-refractivity contribution in [2.24, 2.45) is 11.8 Å². The van der Waals surface area contributed by atoms with Gasteiger partial charge >= 0.3 is 5.97 Å². The molecule has 0 aliphatic heterocycles. The van der Waals surface area contributed by atoms with E-state index in [2.05, 4.69) is 19.2 Å². The van der Waals surface area contributed by atoms with Gasteiger partial charge in [-0.15, -0.1) is 0 Å². The van der Waals surface area contributed by atoms with Crippen LogP contribution in [0.1, 0.15) is 45.1 Å². The Labute approximate surface area is 121 Å². The zero-order valence-electron chi connectivity index (χ0n) is 12.6. The van der Waals surface area contributed by atoms with Crippen LogP contribution >= 0.6 is 0 Å². The summed E-state index contributed by atoms with van der Waals surface area (Å²) in [5, 5.41) is 13.0. The summed E-state index contributed by atoms with van der Waals surface area (Å²) in [6.07, 6.45) is 3.39. The van der Waals surface area contributed by atoms with E-state index in [0.29, 0.717) is 24.7 Å². The van der Waals surface area contributed by atoms with Crippen LogP contribution in [0.5, 0.6) is 0 Å². The Bertz CT molecular complexity index is 474. The van der Waals surface area contributed by atoms with Gasteiger partial charge in [-0.3, -0.25) is 0 Å². The van der Waals surface area contributed by atoms with Crippen LogP contribution in [-0.2, 0) is 4.79 Å². The molecule has 0 heterocycles. The number of hydrogen-bond acceptors (Lipinski definition) is 2. The van der Waals surface area contributed by atoms with Gasteiger partial charge in [0.1, 0.15) is 5.54 Å². The number of para-hydroxylation sites is 1. The summed E-state index contributed by atoms with van der Waals surface area (Å²) < 4.78 is 0. The van der Waals surface area contributed by atoms with Gasteiger partial charge in [-0.25, -0.2) is 4.79 Å². The molecular formula is C17H25NO2. The van der Waals surface area contributed by atoms with E-state index in [9.17, 15) is 9.90 Å². The van der Waals surface area contributed by atoms with Gasteiger partial charge in [-0.1, -0.05) is 32.0 Å². The molecule has 1 saturated carbocycles. The summed E-state index contributed by atoms with van der Waals surface area (Å²) in [7, 11) is 0. The van der Waals surface area contributed by atoms with Crippen LogP contribution in [0.2, 0.25) is 0 Å². The minimum atomic E-state index is -0.794. The van der Waals surface area contributed by atoms with Crippen molar-refractivity contribution in [1.29, 1.82) is 0 Å². The lowest BCUT2D eigenvalue weighted by molar-refractivity contribution is -0.144. The van der Waals surface area contributed by atoms with Crippen molar-refractivity contribution in [3.63, 3.8) is 0 Å². The first kappa shape index (κ1) is 14.9. The predicted octanol–water partition coefficient (Wildman–Crippen LogP) is 4.08. The van der Waals surface area contributed by atoms with Gasteiger partial charge in [-0.2, -0.15) is 0 Å². The molecule has 0 unspecified atom stereocenters. The zero-order chi connectivity index (χ0) is 14.8. The number of carboxylic acid groups (broad SMARTS) is 1. The second kappa shape index (κ2) is 5.86. The highest BCUT2D eigenvalue weighted by Gasteiger charge is 2.42. The second-order valence-corrected chi connectivity index (χ2v) is 6.41. The van der Waals surface area contributed by atoms with Gasteiger partial charge in [0.25, 0.3) is 0 Å². The number of carboxylic acids is 1. The molecule has 20 heavy (non-hydrogen) atoms. The summed E-state index contributed by atoms with van der Waals surface area (Å²) in [6.45, 7) is 6.47. The number of carbonyl (C=O) groups is 1. The van der Waals surface area contributed by atoms with Crippen LogP contribution < -0.4 is 5.32 Å². The molecule has 0 aromatic heterocycles. The van der Waals surface area contributed by atoms with Crippen LogP contribution in [0.4, 0.5) is 5.69 Å². The number of aliphatic carboxylic acids is 1. The number of anilines is 1. The fraction of sp³-hybridized carbons (Fsp3) is 0.588. The van der Waals surface area contributed by atoms with Gasteiger partial charge in [0.05, 0.1) is 0 Å². The van der Waals surface area contributed by atoms with Gasteiger partial charge in [0.2, 0.25) is 0 Å². The van der Waals surface area contributed by atoms with Crippen molar-refractivity contribution in [1.82, 2.24) is 0 Å². The summed E-state index contributed by atoms with van der Waals surface area (Å²) in [5.74, 6) is 0.573. The van der Waals surface area contributed by atoms with Crippen molar-refractivity contribution in [3.05, 3.63) is 29.8 Å². The van der Waals surface area contributed by atoms with E-state index in [1.807, 2.05) is 31.2 Å². The van der Waals surface area contributed by atoms with E-state index in [1.54, 1.807) is 0 Å². The predicted molar refractivity (Wildman–Crippen MR) is 82.0 cm³/mol. The number of rotatable bonds is 4. The highest BCUT2D eigenvalue weighted by molar-refractivity contribution is 5.83. The monoisotopic (exact) mass is 275 g/mol. The fourth-order valence-corrected chi connectivity index (χ4v) is 3.16. The van der Waals surface area contributed by atoms with E-state index in [0.717, 1.165) is 24.1 Å². The molecule has 1 aliphatic rings. The number of benzene rings is 1. The first-order valence-electron chi connectivity index (χ1n) is 7.52. The molecule has 110 valence electrons. The molecule has 1 aliphatic carbocycles. The van der Waals surface area contributed by atoms with Crippen LogP contribution in [0.15, 0.2) is 24.3 Å². The largest absolute Gasteiger partial charge is 0.480 e. The lowest BCUT2D eigenvalue weighted by atomic mass is 9.72. The smallest absolute Gasteiger partial charge is 0.329 e. The van der Waals surface area contributed by atoms with Crippen molar-refractivity contribution < 1.29 is 9.90 Å². The Kier molecular flexibility index (Phi) is 4.36. The third-order valence-corrected chi connectivity index (χ3v) is 4.76. The standard InChI is InChI=1S/C17H25NO2/c1-12(2)14-8-10-17(11-9-14,16(19)20)18-15-7-5-4-6-13(15)3/h4-7,12,14,18H,8-11H2,1-3H3,(H,19,20). The summed E-state index contributed by atoms with van der Waals surface area (Å²) in [4.78, 5) is 11.8. The lowest BCUT2D eigenvalue weighted by Gasteiger charge is -2.39. The lowest BCUT2D eigenvalue weighted by Crippen LogP contribution is -2.49. The normalized spacial score (nSPS) is 26.5. The summed E-state index contributed by atoms with van der Waals surface area (Å²) in [5.41, 5.74) is 1.24. The molecule has 3 nitrogen and oxygen atoms in total. The van der Waals surface area contributed by atoms with Gasteiger partial charge in [0, 0.05) is 5.69 Å². The third-order valence-electron chi connectivity index (χ3n) is 4.76. The maximum Gasteiger partial charge on any atom is 0.329 e. The van der Waals surface area contributed by atoms with Gasteiger partial charge in [0.15, 0.2) is 0 Å². The Morgan fingerprint density at radius 2 is 1.90 bits per heavy atom. The number of aryl methyl sites for hydroxylation is 1. The van der Waals surface area contributed by atoms with E-state index in [4.69, 9.17) is 0 Å². The minimum Gasteiger partial charge on any atom is -0.480 e. The Hall–Kier alpha value is -1.51. The van der Waals surface area contributed by atoms with Gasteiger partial charge < -0.3 is 10.4 Å². The highest BCUT2D eigenvalue weighted by atomic mass is 16.4. The van der Waals surface area contributed by atoms with Crippen molar-refractivity contribution in [3.8, 4) is 0 Å². The van der Waals surface area contributed by atoms with Crippen molar-refractivity contribution >= 4 is 11.7 Å². The molecule has 2 rings (SSSR count). The molecule has 0 bridgehead atoms. The van der Waals surface area contributed by atoms with Crippen LogP contribution in [0, 0.1) is 18.8 Å². The third kappa shape index (κ3) is 2.97. The molecule has 0 saturated heterocycles. The quantitative estimate of drug-likeness (QED) is 0.870. The molecule has 2 N–H and O–H groups in total. The zero-order valence-corrected chi connectivity index (χ0v) is 12.6. The SMILES string of the molecule is Cc1ccccc1NC1(C(=O)O)CCC(C(C)C)CC1. The van der Waals surface area contributed by atoms with E-state index in [-0.39, 0.29) is 0 Å². The first-order chi connectivity index (χ1) is 9.44. The Morgan fingerprint density at radius 1 is 1.30 bits per heavy atom. The number of hydrogen-bond donors (Lipinski definition) is 2. The topological polar surface area (TPSA) is 49.3 Å². The second-order valence-electron chi connectivity index (χ2n) is 6.41. The minimum absolute atomic E-state index is 0.639. The molecule has 0 amide bonds. The average Bonchev–Trinajstić information content (AvgIpc) is 2.42. The highest BCUT2D eigenvalue weighted by Crippen LogP contribution is 2.38. The van der Waals surface area contributed by atoms with Gasteiger partial charge in [-0.05, 0) is 56.1 Å². The Balaban J connectivity index is 2.16. The molecule has 1 aromatic rings. The van der Waals surface area contributed by atoms with Crippen LogP contribution in [-0.4, -0.2) is 16.6 Å². The van der Waals surface area contributed by atoms with E-state index < -0.39 is 11.5 Å². The Morgan fingerprint density at radius 3 is 2.40 bits per heavy atom. The summed E-state index contributed by atoms with van der Waals surface area (Å²) >= 11 is 0. The molecular weight excluding hydrogens is 250 g/mol. The molecule has 0 spiro atoms. The fourth-order valence-electron chi connectivity index (χ4n) is 3.16. The van der Waals surface area contributed by atoms with Crippen molar-refractivity contribution in [2.75, 3.05) is 5.32 Å².